The molecule has 0 bridgehead atoms. The SMILES string of the molecule is CCN(CCCOc1ccc2c(Nc3cc(CC(=O)Nc4ccccc4)n[nH]3)cccc2c1)CCOC(C)C. The van der Waals surface area contributed by atoms with Crippen LogP contribution >= 0.6 is 0 Å². The van der Waals surface area contributed by atoms with Crippen LogP contribution in [0.25, 0.3) is 10.8 Å². The molecule has 0 radical (unpaired) electrons. The minimum Gasteiger partial charge on any atom is -0.494 e. The summed E-state index contributed by atoms with van der Waals surface area (Å²) < 4.78 is 11.7. The fourth-order valence-corrected chi connectivity index (χ4v) is 4.34. The van der Waals surface area contributed by atoms with Crippen LogP contribution in [0, 0.1) is 0 Å². The molecule has 0 aliphatic heterocycles. The number of likely N-dealkylation sites (N-methyl/N-ethyl adjacent to an activating group) is 1. The molecule has 0 unspecified atom stereocenters. The van der Waals surface area contributed by atoms with Gasteiger partial charge in [0.1, 0.15) is 11.6 Å². The number of fused-ring (bicyclic) bond motifs is 1. The van der Waals surface area contributed by atoms with Gasteiger partial charge in [0, 0.05) is 35.9 Å². The fraction of sp³-hybridized carbons (Fsp3) is 0.355. The first-order valence-electron chi connectivity index (χ1n) is 13.7. The van der Waals surface area contributed by atoms with Crippen molar-refractivity contribution in [2.75, 3.05) is 43.5 Å². The topological polar surface area (TPSA) is 91.5 Å². The van der Waals surface area contributed by atoms with Gasteiger partial charge in [0.05, 0.1) is 31.4 Å². The number of nitrogens with one attached hydrogen (secondary N) is 3. The molecule has 8 heteroatoms. The van der Waals surface area contributed by atoms with Crippen LogP contribution in [0.3, 0.4) is 0 Å². The molecule has 0 saturated heterocycles. The number of aromatic amines is 1. The van der Waals surface area contributed by atoms with Gasteiger partial charge in [-0.15, -0.1) is 0 Å². The summed E-state index contributed by atoms with van der Waals surface area (Å²) in [5.74, 6) is 1.48. The summed E-state index contributed by atoms with van der Waals surface area (Å²) in [6, 6.07) is 23.5. The molecule has 4 rings (SSSR count). The maximum atomic E-state index is 12.4. The van der Waals surface area contributed by atoms with Gasteiger partial charge in [-0.1, -0.05) is 37.3 Å². The molecule has 206 valence electrons. The lowest BCUT2D eigenvalue weighted by molar-refractivity contribution is -0.115. The van der Waals surface area contributed by atoms with Gasteiger partial charge in [-0.3, -0.25) is 9.89 Å². The molecule has 0 aliphatic carbocycles. The number of nitrogens with zero attached hydrogens (tertiary/aromatic N) is 2. The summed E-state index contributed by atoms with van der Waals surface area (Å²) in [4.78, 5) is 14.7. The number of carbonyl (C=O) groups is 1. The van der Waals surface area contributed by atoms with E-state index < -0.39 is 0 Å². The van der Waals surface area contributed by atoms with Gasteiger partial charge in [-0.25, -0.2) is 0 Å². The molecule has 1 aromatic heterocycles. The van der Waals surface area contributed by atoms with Crippen molar-refractivity contribution in [1.82, 2.24) is 15.1 Å². The van der Waals surface area contributed by atoms with E-state index in [0.717, 1.165) is 66.4 Å². The van der Waals surface area contributed by atoms with E-state index in [1.807, 2.05) is 54.6 Å². The number of ether oxygens (including phenoxy) is 2. The third-order valence-electron chi connectivity index (χ3n) is 6.34. The average Bonchev–Trinajstić information content (AvgIpc) is 3.36. The standard InChI is InChI=1S/C31H39N5O3/c1-4-36(17-19-38-23(2)3)16-9-18-39-27-14-15-28-24(20-27)10-8-13-29(28)33-30-21-26(34-35-30)22-31(37)32-25-11-6-5-7-12-25/h5-8,10-15,20-21,23H,4,9,16-19,22H2,1-3H3,(H,32,37)(H2,33,34,35). The zero-order chi connectivity index (χ0) is 27.5. The Morgan fingerprint density at radius 1 is 1.00 bits per heavy atom. The fourth-order valence-electron chi connectivity index (χ4n) is 4.34. The zero-order valence-electron chi connectivity index (χ0n) is 23.1. The number of amides is 1. The number of benzene rings is 3. The Hall–Kier alpha value is -3.88. The lowest BCUT2D eigenvalue weighted by Gasteiger charge is -2.21. The van der Waals surface area contributed by atoms with E-state index in [9.17, 15) is 4.79 Å². The predicted molar refractivity (Wildman–Crippen MR) is 158 cm³/mol. The molecular formula is C31H39N5O3. The molecule has 0 saturated carbocycles. The third kappa shape index (κ3) is 8.84. The van der Waals surface area contributed by atoms with Crippen LogP contribution in [0.2, 0.25) is 0 Å². The van der Waals surface area contributed by atoms with Crippen molar-refractivity contribution >= 4 is 33.9 Å². The van der Waals surface area contributed by atoms with Gasteiger partial charge in [0.2, 0.25) is 5.91 Å². The highest BCUT2D eigenvalue weighted by atomic mass is 16.5. The van der Waals surface area contributed by atoms with Crippen LogP contribution in [0.5, 0.6) is 5.75 Å². The molecule has 1 heterocycles. The van der Waals surface area contributed by atoms with E-state index in [-0.39, 0.29) is 18.4 Å². The highest BCUT2D eigenvalue weighted by molar-refractivity contribution is 5.96. The Balaban J connectivity index is 1.29. The number of rotatable bonds is 15. The number of anilines is 3. The molecule has 0 fully saturated rings. The zero-order valence-corrected chi connectivity index (χ0v) is 23.1. The van der Waals surface area contributed by atoms with E-state index in [2.05, 4.69) is 64.7 Å². The molecule has 0 aliphatic rings. The normalized spacial score (nSPS) is 11.3. The number of carbonyl (C=O) groups excluding carboxylic acids is 1. The van der Waals surface area contributed by atoms with E-state index in [1.165, 1.54) is 0 Å². The van der Waals surface area contributed by atoms with Crippen molar-refractivity contribution in [3.8, 4) is 5.75 Å². The molecular weight excluding hydrogens is 490 g/mol. The largest absolute Gasteiger partial charge is 0.494 e. The molecule has 3 aromatic carbocycles. The second kappa shape index (κ2) is 14.3. The molecule has 3 N–H and O–H groups in total. The maximum absolute atomic E-state index is 12.4. The van der Waals surface area contributed by atoms with Crippen molar-refractivity contribution in [2.24, 2.45) is 0 Å². The van der Waals surface area contributed by atoms with E-state index in [0.29, 0.717) is 12.3 Å². The number of H-pyrrole nitrogens is 1. The van der Waals surface area contributed by atoms with Crippen LogP contribution in [0.15, 0.2) is 72.8 Å². The number of hydrogen-bond donors (Lipinski definition) is 3. The lowest BCUT2D eigenvalue weighted by atomic mass is 10.1. The minimum atomic E-state index is -0.112. The van der Waals surface area contributed by atoms with Crippen molar-refractivity contribution < 1.29 is 14.3 Å². The minimum absolute atomic E-state index is 0.112. The van der Waals surface area contributed by atoms with Crippen LogP contribution < -0.4 is 15.4 Å². The molecule has 1 amide bonds. The first kappa shape index (κ1) is 28.1. The van der Waals surface area contributed by atoms with Crippen LogP contribution in [-0.2, 0) is 16.0 Å². The van der Waals surface area contributed by atoms with Gasteiger partial charge in [0.15, 0.2) is 0 Å². The van der Waals surface area contributed by atoms with E-state index in [4.69, 9.17) is 9.47 Å². The molecule has 0 spiro atoms. The van der Waals surface area contributed by atoms with Gasteiger partial charge in [-0.2, -0.15) is 5.10 Å². The summed E-state index contributed by atoms with van der Waals surface area (Å²) in [5.41, 5.74) is 2.38. The number of hydrogen-bond acceptors (Lipinski definition) is 6. The smallest absolute Gasteiger partial charge is 0.230 e. The van der Waals surface area contributed by atoms with Crippen LogP contribution in [-0.4, -0.2) is 60.0 Å². The number of aromatic nitrogens is 2. The Kier molecular flexibility index (Phi) is 10.3. The molecule has 39 heavy (non-hydrogen) atoms. The predicted octanol–water partition coefficient (Wildman–Crippen LogP) is 6.00. The van der Waals surface area contributed by atoms with Gasteiger partial charge in [0.25, 0.3) is 0 Å². The second-order valence-electron chi connectivity index (χ2n) is 9.73. The molecule has 4 aromatic rings. The van der Waals surface area contributed by atoms with E-state index in [1.54, 1.807) is 0 Å². The van der Waals surface area contributed by atoms with Crippen molar-refractivity contribution in [2.45, 2.75) is 39.7 Å². The van der Waals surface area contributed by atoms with Crippen LogP contribution in [0.1, 0.15) is 32.9 Å². The Labute approximate surface area is 230 Å². The first-order chi connectivity index (χ1) is 19.0. The summed E-state index contributed by atoms with van der Waals surface area (Å²) in [5, 5.41) is 15.7. The summed E-state index contributed by atoms with van der Waals surface area (Å²) in [6.07, 6.45) is 1.41. The van der Waals surface area contributed by atoms with Gasteiger partial charge >= 0.3 is 0 Å². The van der Waals surface area contributed by atoms with Crippen molar-refractivity contribution in [3.63, 3.8) is 0 Å². The third-order valence-corrected chi connectivity index (χ3v) is 6.34. The quantitative estimate of drug-likeness (QED) is 0.164. The average molecular weight is 530 g/mol. The lowest BCUT2D eigenvalue weighted by Crippen LogP contribution is -2.30. The maximum Gasteiger partial charge on any atom is 0.230 e. The highest BCUT2D eigenvalue weighted by Crippen LogP contribution is 2.29. The summed E-state index contributed by atoms with van der Waals surface area (Å²) >= 11 is 0. The van der Waals surface area contributed by atoms with Gasteiger partial charge < -0.3 is 25.0 Å². The van der Waals surface area contributed by atoms with Crippen molar-refractivity contribution in [3.05, 3.63) is 78.5 Å². The monoisotopic (exact) mass is 529 g/mol. The second-order valence-corrected chi connectivity index (χ2v) is 9.73. The number of para-hydroxylation sites is 1. The Bertz CT molecular complexity index is 1320. The Morgan fingerprint density at radius 3 is 2.64 bits per heavy atom. The van der Waals surface area contributed by atoms with Gasteiger partial charge in [-0.05, 0) is 68.6 Å². The van der Waals surface area contributed by atoms with Crippen molar-refractivity contribution in [1.29, 1.82) is 0 Å². The molecule has 0 atom stereocenters. The highest BCUT2D eigenvalue weighted by Gasteiger charge is 2.10. The van der Waals surface area contributed by atoms with Crippen LogP contribution in [0.4, 0.5) is 17.2 Å². The summed E-state index contributed by atoms with van der Waals surface area (Å²) in [7, 11) is 0. The summed E-state index contributed by atoms with van der Waals surface area (Å²) in [6.45, 7) is 10.7. The van der Waals surface area contributed by atoms with E-state index >= 15 is 0 Å². The molecule has 8 nitrogen and oxygen atoms in total. The Morgan fingerprint density at radius 2 is 1.85 bits per heavy atom. The first-order valence-corrected chi connectivity index (χ1v) is 13.7.